The number of allylic oxidation sites excluding steroid dienone is 2. The van der Waals surface area contributed by atoms with Gasteiger partial charge >= 0.3 is 0 Å². The number of nitrogens with one attached hydrogen (secondary N) is 1. The summed E-state index contributed by atoms with van der Waals surface area (Å²) in [5.41, 5.74) is 3.25. The molecule has 0 amide bonds. The number of hydrogen-bond donors (Lipinski definition) is 1. The standard InChI is InChI=1S/C23H22N4O3/c1-14-20(15(2)28)21(17-9-10-18-19(13-17)30-12-6-11-29-18)27-23(24-14)25-22(26-27)16-7-4-3-5-8-16/h3-5,7-10,13,21H,6,11-12H2,1-2H3,(H,24,25,26). The molecule has 0 saturated carbocycles. The second-order valence-electron chi connectivity index (χ2n) is 7.45. The molecule has 2 aromatic carbocycles. The van der Waals surface area contributed by atoms with Crippen LogP contribution in [-0.2, 0) is 4.79 Å². The molecule has 0 radical (unpaired) electrons. The number of ketones is 1. The maximum absolute atomic E-state index is 12.6. The largest absolute Gasteiger partial charge is 0.490 e. The monoisotopic (exact) mass is 402 g/mol. The summed E-state index contributed by atoms with van der Waals surface area (Å²) in [5.74, 6) is 2.61. The average Bonchev–Trinajstić information content (AvgIpc) is 3.02. The molecule has 3 aromatic rings. The molecule has 30 heavy (non-hydrogen) atoms. The number of carbonyl (C=O) groups excluding carboxylic acids is 1. The van der Waals surface area contributed by atoms with Gasteiger partial charge in [0, 0.05) is 23.3 Å². The van der Waals surface area contributed by atoms with E-state index >= 15 is 0 Å². The van der Waals surface area contributed by atoms with E-state index in [4.69, 9.17) is 14.6 Å². The predicted molar refractivity (Wildman–Crippen MR) is 113 cm³/mol. The highest BCUT2D eigenvalue weighted by molar-refractivity contribution is 5.96. The van der Waals surface area contributed by atoms with Gasteiger partial charge in [-0.05, 0) is 31.5 Å². The number of ether oxygens (including phenoxy) is 2. The van der Waals surface area contributed by atoms with Gasteiger partial charge < -0.3 is 14.8 Å². The molecule has 5 rings (SSSR count). The Bertz CT molecular complexity index is 1150. The van der Waals surface area contributed by atoms with E-state index in [0.29, 0.717) is 36.3 Å². The molecule has 0 fully saturated rings. The van der Waals surface area contributed by atoms with Crippen molar-refractivity contribution >= 4 is 11.7 Å². The summed E-state index contributed by atoms with van der Waals surface area (Å²) in [6.45, 7) is 4.71. The third kappa shape index (κ3) is 3.12. The van der Waals surface area contributed by atoms with E-state index in [9.17, 15) is 4.79 Å². The van der Waals surface area contributed by atoms with Gasteiger partial charge in [0.15, 0.2) is 23.1 Å². The van der Waals surface area contributed by atoms with Crippen molar-refractivity contribution in [2.45, 2.75) is 26.3 Å². The first-order chi connectivity index (χ1) is 14.6. The minimum Gasteiger partial charge on any atom is -0.490 e. The number of fused-ring (bicyclic) bond motifs is 2. The van der Waals surface area contributed by atoms with Crippen LogP contribution in [0.4, 0.5) is 5.95 Å². The summed E-state index contributed by atoms with van der Waals surface area (Å²) < 4.78 is 13.4. The van der Waals surface area contributed by atoms with Crippen LogP contribution in [0.15, 0.2) is 59.8 Å². The third-order valence-electron chi connectivity index (χ3n) is 5.35. The van der Waals surface area contributed by atoms with Gasteiger partial charge in [0.1, 0.15) is 6.04 Å². The quantitative estimate of drug-likeness (QED) is 0.714. The normalized spacial score (nSPS) is 17.7. The van der Waals surface area contributed by atoms with Crippen molar-refractivity contribution in [2.24, 2.45) is 0 Å². The molecule has 7 nitrogen and oxygen atoms in total. The van der Waals surface area contributed by atoms with Crippen LogP contribution in [0, 0.1) is 0 Å². The van der Waals surface area contributed by atoms with Crippen molar-refractivity contribution in [2.75, 3.05) is 18.5 Å². The molecule has 0 spiro atoms. The number of Topliss-reactive ketones (excluding diaryl/α,β-unsaturated/α-hetero) is 1. The van der Waals surface area contributed by atoms with Gasteiger partial charge in [0.2, 0.25) is 5.95 Å². The Labute approximate surface area is 174 Å². The second-order valence-corrected chi connectivity index (χ2v) is 7.45. The zero-order valence-corrected chi connectivity index (χ0v) is 16.9. The fraction of sp³-hybridized carbons (Fsp3) is 0.261. The fourth-order valence-corrected chi connectivity index (χ4v) is 3.97. The van der Waals surface area contributed by atoms with Gasteiger partial charge in [-0.1, -0.05) is 36.4 Å². The molecule has 1 aromatic heterocycles. The molecule has 1 N–H and O–H groups in total. The Hall–Kier alpha value is -3.61. The first-order valence-electron chi connectivity index (χ1n) is 10.0. The maximum atomic E-state index is 12.6. The van der Waals surface area contributed by atoms with E-state index in [2.05, 4.69) is 10.3 Å². The van der Waals surface area contributed by atoms with Crippen molar-refractivity contribution < 1.29 is 14.3 Å². The van der Waals surface area contributed by atoms with Gasteiger partial charge in [-0.25, -0.2) is 4.68 Å². The molecule has 3 heterocycles. The van der Waals surface area contributed by atoms with E-state index < -0.39 is 6.04 Å². The Morgan fingerprint density at radius 1 is 1.10 bits per heavy atom. The summed E-state index contributed by atoms with van der Waals surface area (Å²) >= 11 is 0. The van der Waals surface area contributed by atoms with Crippen LogP contribution in [0.5, 0.6) is 11.5 Å². The summed E-state index contributed by atoms with van der Waals surface area (Å²) in [4.78, 5) is 17.3. The third-order valence-corrected chi connectivity index (χ3v) is 5.35. The minimum absolute atomic E-state index is 0.0143. The lowest BCUT2D eigenvalue weighted by atomic mass is 9.93. The summed E-state index contributed by atoms with van der Waals surface area (Å²) in [5, 5.41) is 8.01. The Morgan fingerprint density at radius 3 is 2.63 bits per heavy atom. The molecule has 1 unspecified atom stereocenters. The van der Waals surface area contributed by atoms with Crippen LogP contribution >= 0.6 is 0 Å². The lowest BCUT2D eigenvalue weighted by Gasteiger charge is -2.28. The average molecular weight is 402 g/mol. The fourth-order valence-electron chi connectivity index (χ4n) is 3.97. The number of anilines is 1. The Kier molecular flexibility index (Phi) is 4.50. The maximum Gasteiger partial charge on any atom is 0.226 e. The van der Waals surface area contributed by atoms with Crippen LogP contribution in [0.3, 0.4) is 0 Å². The smallest absolute Gasteiger partial charge is 0.226 e. The lowest BCUT2D eigenvalue weighted by Crippen LogP contribution is -2.27. The van der Waals surface area contributed by atoms with Crippen molar-refractivity contribution in [3.8, 4) is 22.9 Å². The van der Waals surface area contributed by atoms with Crippen molar-refractivity contribution in [3.63, 3.8) is 0 Å². The first-order valence-corrected chi connectivity index (χ1v) is 10.0. The molecule has 2 aliphatic rings. The van der Waals surface area contributed by atoms with Gasteiger partial charge in [0.25, 0.3) is 0 Å². The highest BCUT2D eigenvalue weighted by Crippen LogP contribution is 2.40. The SMILES string of the molecule is CC(=O)C1=C(C)Nc2nc(-c3ccccc3)nn2C1c1ccc2c(c1)OCCCO2. The van der Waals surface area contributed by atoms with Gasteiger partial charge in [0.05, 0.1) is 13.2 Å². The first kappa shape index (κ1) is 18.4. The number of rotatable bonds is 3. The minimum atomic E-state index is -0.402. The number of carbonyl (C=O) groups is 1. The molecule has 7 heteroatoms. The Morgan fingerprint density at radius 2 is 1.87 bits per heavy atom. The van der Waals surface area contributed by atoms with Crippen molar-refractivity contribution in [3.05, 3.63) is 65.4 Å². The summed E-state index contributed by atoms with van der Waals surface area (Å²) in [6, 6.07) is 15.2. The van der Waals surface area contributed by atoms with E-state index in [1.165, 1.54) is 0 Å². The topological polar surface area (TPSA) is 78.3 Å². The molecule has 152 valence electrons. The van der Waals surface area contributed by atoms with Gasteiger partial charge in [-0.3, -0.25) is 4.79 Å². The van der Waals surface area contributed by atoms with Crippen LogP contribution in [0.2, 0.25) is 0 Å². The van der Waals surface area contributed by atoms with E-state index in [1.807, 2.05) is 55.5 Å². The zero-order valence-electron chi connectivity index (χ0n) is 16.9. The second kappa shape index (κ2) is 7.33. The van der Waals surface area contributed by atoms with Gasteiger partial charge in [-0.15, -0.1) is 5.10 Å². The molecule has 2 aliphatic heterocycles. The molecule has 0 aliphatic carbocycles. The molecular formula is C23H22N4O3. The Balaban J connectivity index is 1.65. The number of aromatic nitrogens is 3. The number of benzene rings is 2. The highest BCUT2D eigenvalue weighted by atomic mass is 16.5. The van der Waals surface area contributed by atoms with Gasteiger partial charge in [-0.2, -0.15) is 4.98 Å². The molecule has 0 saturated heterocycles. The van der Waals surface area contributed by atoms with Crippen molar-refractivity contribution in [1.29, 1.82) is 0 Å². The molecule has 1 atom stereocenters. The van der Waals surface area contributed by atoms with E-state index in [0.717, 1.165) is 29.0 Å². The predicted octanol–water partition coefficient (Wildman–Crippen LogP) is 3.98. The van der Waals surface area contributed by atoms with Crippen LogP contribution < -0.4 is 14.8 Å². The van der Waals surface area contributed by atoms with E-state index in [-0.39, 0.29) is 5.78 Å². The van der Waals surface area contributed by atoms with Crippen molar-refractivity contribution in [1.82, 2.24) is 14.8 Å². The molecular weight excluding hydrogens is 380 g/mol. The summed E-state index contributed by atoms with van der Waals surface area (Å²) in [6.07, 6.45) is 0.836. The highest BCUT2D eigenvalue weighted by Gasteiger charge is 2.33. The lowest BCUT2D eigenvalue weighted by molar-refractivity contribution is -0.114. The summed E-state index contributed by atoms with van der Waals surface area (Å²) in [7, 11) is 0. The zero-order chi connectivity index (χ0) is 20.7. The van der Waals surface area contributed by atoms with E-state index in [1.54, 1.807) is 11.6 Å². The number of hydrogen-bond acceptors (Lipinski definition) is 6. The van der Waals surface area contributed by atoms with Crippen LogP contribution in [0.25, 0.3) is 11.4 Å². The number of nitrogens with zero attached hydrogens (tertiary/aromatic N) is 3. The molecule has 0 bridgehead atoms. The van der Waals surface area contributed by atoms with Crippen LogP contribution in [0.1, 0.15) is 31.9 Å². The van der Waals surface area contributed by atoms with Crippen LogP contribution in [-0.4, -0.2) is 33.8 Å².